The summed E-state index contributed by atoms with van der Waals surface area (Å²) in [6.45, 7) is 1.74. The number of anilines is 1. The Morgan fingerprint density at radius 1 is 1.03 bits per heavy atom. The largest absolute Gasteiger partial charge is 0.497 e. The minimum atomic E-state index is -3.72. The SMILES string of the molecule is COc1ccc(OC)c(Cc2csc(N3CCN(S(=O)(=O)c4cc(Cl)ccc4Cl)CC3)n2)c1. The third-order valence-corrected chi connectivity index (χ3v) is 8.98. The van der Waals surface area contributed by atoms with E-state index in [-0.39, 0.29) is 9.92 Å². The van der Waals surface area contributed by atoms with Crippen molar-refractivity contribution >= 4 is 49.7 Å². The van der Waals surface area contributed by atoms with Gasteiger partial charge in [-0.25, -0.2) is 13.4 Å². The minimum absolute atomic E-state index is 0.0360. The van der Waals surface area contributed by atoms with Crippen molar-refractivity contribution in [1.82, 2.24) is 9.29 Å². The molecule has 0 atom stereocenters. The average Bonchev–Trinajstić information content (AvgIpc) is 3.29. The van der Waals surface area contributed by atoms with Crippen molar-refractivity contribution in [1.29, 1.82) is 0 Å². The molecule has 1 aliphatic rings. The van der Waals surface area contributed by atoms with Crippen molar-refractivity contribution in [2.45, 2.75) is 11.3 Å². The fraction of sp³-hybridized carbons (Fsp3) is 0.318. The summed E-state index contributed by atoms with van der Waals surface area (Å²) in [7, 11) is -0.451. The molecule has 1 fully saturated rings. The first-order valence-corrected chi connectivity index (χ1v) is 13.2. The normalized spacial score (nSPS) is 15.0. The third-order valence-electron chi connectivity index (χ3n) is 5.42. The van der Waals surface area contributed by atoms with Crippen LogP contribution in [0, 0.1) is 0 Å². The number of aromatic nitrogens is 1. The van der Waals surface area contributed by atoms with Gasteiger partial charge in [0.2, 0.25) is 10.0 Å². The van der Waals surface area contributed by atoms with Crippen LogP contribution in [-0.4, -0.2) is 58.1 Å². The Labute approximate surface area is 207 Å². The summed E-state index contributed by atoms with van der Waals surface area (Å²) in [6, 6.07) is 10.2. The zero-order chi connectivity index (χ0) is 23.6. The van der Waals surface area contributed by atoms with Gasteiger partial charge in [0.1, 0.15) is 16.4 Å². The van der Waals surface area contributed by atoms with Crippen molar-refractivity contribution in [3.63, 3.8) is 0 Å². The molecule has 0 spiro atoms. The van der Waals surface area contributed by atoms with Crippen LogP contribution in [0.15, 0.2) is 46.7 Å². The summed E-state index contributed by atoms with van der Waals surface area (Å²) < 4.78 is 38.3. The number of thiazole rings is 1. The minimum Gasteiger partial charge on any atom is -0.497 e. The highest BCUT2D eigenvalue weighted by Crippen LogP contribution is 2.31. The molecule has 1 aromatic heterocycles. The van der Waals surface area contributed by atoms with Gasteiger partial charge < -0.3 is 14.4 Å². The van der Waals surface area contributed by atoms with Gasteiger partial charge in [-0.2, -0.15) is 4.31 Å². The molecule has 2 aromatic carbocycles. The second-order valence-corrected chi connectivity index (χ2v) is 11.0. The Balaban J connectivity index is 1.44. The molecule has 0 aliphatic carbocycles. The number of halogens is 2. The van der Waals surface area contributed by atoms with E-state index in [1.165, 1.54) is 16.4 Å². The standard InChI is InChI=1S/C22H23Cl2N3O4S2/c1-30-18-4-6-20(31-2)15(12-18)11-17-14-32-22(25-17)26-7-9-27(10-8-26)33(28,29)21-13-16(23)3-5-19(21)24/h3-6,12-14H,7-11H2,1-2H3. The lowest BCUT2D eigenvalue weighted by molar-refractivity contribution is 0.384. The van der Waals surface area contributed by atoms with E-state index in [1.807, 2.05) is 23.6 Å². The van der Waals surface area contributed by atoms with E-state index in [4.69, 9.17) is 37.7 Å². The number of piperazine rings is 1. The second kappa shape index (κ2) is 10.1. The molecular weight excluding hydrogens is 505 g/mol. The third kappa shape index (κ3) is 5.22. The van der Waals surface area contributed by atoms with Crippen molar-refractivity contribution in [3.8, 4) is 11.5 Å². The van der Waals surface area contributed by atoms with Crippen LogP contribution in [0.1, 0.15) is 11.3 Å². The molecule has 33 heavy (non-hydrogen) atoms. The summed E-state index contributed by atoms with van der Waals surface area (Å²) in [4.78, 5) is 6.91. The van der Waals surface area contributed by atoms with Gasteiger partial charge >= 0.3 is 0 Å². The first-order chi connectivity index (χ1) is 15.8. The van der Waals surface area contributed by atoms with Crippen molar-refractivity contribution in [2.75, 3.05) is 45.3 Å². The van der Waals surface area contributed by atoms with Crippen LogP contribution in [0.3, 0.4) is 0 Å². The fourth-order valence-corrected chi connectivity index (χ4v) is 6.71. The lowest BCUT2D eigenvalue weighted by Crippen LogP contribution is -2.48. The number of sulfonamides is 1. The highest BCUT2D eigenvalue weighted by Gasteiger charge is 2.31. The van der Waals surface area contributed by atoms with Gasteiger partial charge in [-0.15, -0.1) is 11.3 Å². The Hall–Kier alpha value is -2.04. The maximum Gasteiger partial charge on any atom is 0.244 e. The van der Waals surface area contributed by atoms with Crippen molar-refractivity contribution < 1.29 is 17.9 Å². The number of hydrogen-bond donors (Lipinski definition) is 0. The smallest absolute Gasteiger partial charge is 0.244 e. The first kappa shape index (κ1) is 24.1. The number of methoxy groups -OCH3 is 2. The summed E-state index contributed by atoms with van der Waals surface area (Å²) in [5, 5.41) is 3.38. The number of benzene rings is 2. The number of rotatable bonds is 7. The lowest BCUT2D eigenvalue weighted by Gasteiger charge is -2.34. The van der Waals surface area contributed by atoms with Gasteiger partial charge in [0.25, 0.3) is 0 Å². The van der Waals surface area contributed by atoms with Crippen LogP contribution in [-0.2, 0) is 16.4 Å². The molecule has 0 unspecified atom stereocenters. The predicted octanol–water partition coefficient (Wildman–Crippen LogP) is 4.57. The Kier molecular flexibility index (Phi) is 7.35. The molecule has 0 amide bonds. The van der Waals surface area contributed by atoms with Gasteiger partial charge in [0.15, 0.2) is 5.13 Å². The van der Waals surface area contributed by atoms with Crippen LogP contribution in [0.25, 0.3) is 0 Å². The van der Waals surface area contributed by atoms with Crippen LogP contribution >= 0.6 is 34.5 Å². The Morgan fingerprint density at radius 3 is 2.48 bits per heavy atom. The molecule has 7 nitrogen and oxygen atoms in total. The molecule has 2 heterocycles. The van der Waals surface area contributed by atoms with Gasteiger partial charge in [0, 0.05) is 48.6 Å². The topological polar surface area (TPSA) is 72.0 Å². The van der Waals surface area contributed by atoms with Crippen molar-refractivity contribution in [3.05, 3.63) is 63.1 Å². The van der Waals surface area contributed by atoms with Crippen LogP contribution in [0.5, 0.6) is 11.5 Å². The average molecular weight is 528 g/mol. The van der Waals surface area contributed by atoms with Crippen LogP contribution in [0.4, 0.5) is 5.13 Å². The van der Waals surface area contributed by atoms with Gasteiger partial charge in [-0.05, 0) is 36.4 Å². The molecule has 3 aromatic rings. The molecule has 176 valence electrons. The molecule has 4 rings (SSSR count). The maximum absolute atomic E-state index is 13.1. The summed E-state index contributed by atoms with van der Waals surface area (Å²) >= 11 is 13.7. The fourth-order valence-electron chi connectivity index (χ4n) is 3.67. The predicted molar refractivity (Wildman–Crippen MR) is 132 cm³/mol. The summed E-state index contributed by atoms with van der Waals surface area (Å²) in [5.41, 5.74) is 1.91. The maximum atomic E-state index is 13.1. The van der Waals surface area contributed by atoms with Crippen molar-refractivity contribution in [2.24, 2.45) is 0 Å². The highest BCUT2D eigenvalue weighted by atomic mass is 35.5. The second-order valence-electron chi connectivity index (χ2n) is 7.44. The number of ether oxygens (including phenoxy) is 2. The van der Waals surface area contributed by atoms with E-state index < -0.39 is 10.0 Å². The van der Waals surface area contributed by atoms with E-state index in [0.29, 0.717) is 37.6 Å². The molecule has 0 bridgehead atoms. The van der Waals surface area contributed by atoms with Gasteiger partial charge in [0.05, 0.1) is 24.9 Å². The number of hydrogen-bond acceptors (Lipinski definition) is 7. The Bertz CT molecular complexity index is 1240. The summed E-state index contributed by atoms with van der Waals surface area (Å²) in [5.74, 6) is 1.54. The molecule has 0 N–H and O–H groups in total. The van der Waals surface area contributed by atoms with E-state index >= 15 is 0 Å². The van der Waals surface area contributed by atoms with E-state index in [9.17, 15) is 8.42 Å². The molecule has 0 saturated carbocycles. The zero-order valence-electron chi connectivity index (χ0n) is 18.1. The van der Waals surface area contributed by atoms with E-state index in [2.05, 4.69) is 4.90 Å². The van der Waals surface area contributed by atoms with E-state index in [0.717, 1.165) is 27.9 Å². The van der Waals surface area contributed by atoms with E-state index in [1.54, 1.807) is 31.6 Å². The molecule has 11 heteroatoms. The Morgan fingerprint density at radius 2 is 1.79 bits per heavy atom. The molecule has 0 radical (unpaired) electrons. The highest BCUT2D eigenvalue weighted by molar-refractivity contribution is 7.89. The molecular formula is C22H23Cl2N3O4S2. The van der Waals surface area contributed by atoms with Crippen LogP contribution in [0.2, 0.25) is 10.0 Å². The van der Waals surface area contributed by atoms with Crippen LogP contribution < -0.4 is 14.4 Å². The lowest BCUT2D eigenvalue weighted by atomic mass is 10.1. The number of nitrogens with zero attached hydrogens (tertiary/aromatic N) is 3. The first-order valence-electron chi connectivity index (χ1n) is 10.2. The quantitative estimate of drug-likeness (QED) is 0.448. The molecule has 1 saturated heterocycles. The summed E-state index contributed by atoms with van der Waals surface area (Å²) in [6.07, 6.45) is 0.610. The van der Waals surface area contributed by atoms with Gasteiger partial charge in [-0.1, -0.05) is 23.2 Å². The monoisotopic (exact) mass is 527 g/mol. The zero-order valence-corrected chi connectivity index (χ0v) is 21.3. The molecule has 1 aliphatic heterocycles. The van der Waals surface area contributed by atoms with Gasteiger partial charge in [-0.3, -0.25) is 0 Å².